The van der Waals surface area contributed by atoms with Crippen molar-refractivity contribution in [3.63, 3.8) is 0 Å². The molecular weight excluding hydrogens is 300 g/mol. The summed E-state index contributed by atoms with van der Waals surface area (Å²) in [5, 5.41) is 1.30. The lowest BCUT2D eigenvalue weighted by molar-refractivity contribution is -0.629. The zero-order chi connectivity index (χ0) is 14.3. The highest BCUT2D eigenvalue weighted by atomic mass is 35.5. The Labute approximate surface area is 136 Å². The molecule has 1 heterocycles. The first-order valence-electron chi connectivity index (χ1n) is 6.74. The van der Waals surface area contributed by atoms with Crippen molar-refractivity contribution in [1.29, 1.82) is 0 Å². The molecule has 0 saturated heterocycles. The predicted molar refractivity (Wildman–Crippen MR) is 87.5 cm³/mol. The van der Waals surface area contributed by atoms with E-state index >= 15 is 0 Å². The molecule has 0 aliphatic carbocycles. The van der Waals surface area contributed by atoms with Crippen LogP contribution in [0.1, 0.15) is 5.56 Å². The normalized spacial score (nSPS) is 10.5. The number of nitrogens with zero attached hydrogens (tertiary/aromatic N) is 2. The minimum atomic E-state index is 0. The Bertz CT molecular complexity index is 778. The van der Waals surface area contributed by atoms with Gasteiger partial charge in [0.1, 0.15) is 11.7 Å². The Morgan fingerprint density at radius 1 is 1.05 bits per heavy atom. The molecule has 0 aliphatic heterocycles. The van der Waals surface area contributed by atoms with Gasteiger partial charge in [0.05, 0.1) is 11.3 Å². The third-order valence-electron chi connectivity index (χ3n) is 3.60. The van der Waals surface area contributed by atoms with Crippen molar-refractivity contribution in [2.24, 2.45) is 7.05 Å². The number of aryl methyl sites for hydroxylation is 2. The van der Waals surface area contributed by atoms with E-state index in [1.807, 2.05) is 11.3 Å². The van der Waals surface area contributed by atoms with E-state index < -0.39 is 0 Å². The minimum Gasteiger partial charge on any atom is -1.00 e. The summed E-state index contributed by atoms with van der Waals surface area (Å²) in [5.74, 6) is 0. The van der Waals surface area contributed by atoms with Crippen LogP contribution in [-0.4, -0.2) is 14.1 Å². The molecule has 0 saturated carbocycles. The van der Waals surface area contributed by atoms with Crippen molar-refractivity contribution in [2.75, 3.05) is 19.0 Å². The third-order valence-corrected chi connectivity index (χ3v) is 4.84. The fourth-order valence-corrected chi connectivity index (χ4v) is 3.82. The average molecular weight is 319 g/mol. The fraction of sp³-hybridized carbons (Fsp3) is 0.235. The van der Waals surface area contributed by atoms with E-state index in [2.05, 4.69) is 80.0 Å². The van der Waals surface area contributed by atoms with Gasteiger partial charge in [0.15, 0.2) is 0 Å². The van der Waals surface area contributed by atoms with E-state index in [9.17, 15) is 0 Å². The van der Waals surface area contributed by atoms with Crippen LogP contribution in [-0.2, 0) is 7.05 Å². The molecule has 0 atom stereocenters. The lowest BCUT2D eigenvalue weighted by Gasteiger charge is -2.14. The van der Waals surface area contributed by atoms with Gasteiger partial charge >= 0.3 is 0 Å². The smallest absolute Gasteiger partial charge is 0.271 e. The highest BCUT2D eigenvalue weighted by molar-refractivity contribution is 7.21. The first-order valence-corrected chi connectivity index (χ1v) is 7.55. The molecule has 0 spiro atoms. The molecule has 110 valence electrons. The van der Waals surface area contributed by atoms with Crippen molar-refractivity contribution in [3.05, 3.63) is 48.0 Å². The van der Waals surface area contributed by atoms with Gasteiger partial charge in [-0.1, -0.05) is 29.5 Å². The highest BCUT2D eigenvalue weighted by Crippen LogP contribution is 2.34. The van der Waals surface area contributed by atoms with Gasteiger partial charge in [-0.2, -0.15) is 4.57 Å². The largest absolute Gasteiger partial charge is 1.00 e. The molecule has 4 heteroatoms. The predicted octanol–water partition coefficient (Wildman–Crippen LogP) is 0.771. The van der Waals surface area contributed by atoms with Gasteiger partial charge in [0.2, 0.25) is 5.52 Å². The molecule has 0 amide bonds. The maximum Gasteiger partial charge on any atom is 0.271 e. The van der Waals surface area contributed by atoms with Gasteiger partial charge < -0.3 is 17.3 Å². The van der Waals surface area contributed by atoms with E-state index in [-0.39, 0.29) is 12.4 Å². The van der Waals surface area contributed by atoms with Crippen LogP contribution >= 0.6 is 11.3 Å². The minimum absolute atomic E-state index is 0. The number of thiazole rings is 1. The summed E-state index contributed by atoms with van der Waals surface area (Å²) in [5.41, 5.74) is 5.15. The molecule has 0 aliphatic rings. The van der Waals surface area contributed by atoms with Crippen LogP contribution in [0.4, 0.5) is 5.69 Å². The molecule has 2 nitrogen and oxygen atoms in total. The summed E-state index contributed by atoms with van der Waals surface area (Å²) in [6, 6.07) is 15.2. The molecule has 3 rings (SSSR count). The number of hydrogen-bond acceptors (Lipinski definition) is 2. The summed E-state index contributed by atoms with van der Waals surface area (Å²) < 4.78 is 3.64. The summed E-state index contributed by atoms with van der Waals surface area (Å²) in [6.45, 7) is 2.15. The third kappa shape index (κ3) is 2.76. The van der Waals surface area contributed by atoms with Gasteiger partial charge in [0.25, 0.3) is 5.01 Å². The summed E-state index contributed by atoms with van der Waals surface area (Å²) in [4.78, 5) is 2.17. The Morgan fingerprint density at radius 3 is 2.48 bits per heavy atom. The molecule has 0 unspecified atom stereocenters. The number of hydrogen-bond donors (Lipinski definition) is 0. The van der Waals surface area contributed by atoms with Crippen LogP contribution in [0.3, 0.4) is 0 Å². The van der Waals surface area contributed by atoms with Crippen molar-refractivity contribution < 1.29 is 17.0 Å². The number of halogens is 1. The van der Waals surface area contributed by atoms with Crippen molar-refractivity contribution in [1.82, 2.24) is 0 Å². The number of rotatable bonds is 2. The zero-order valence-corrected chi connectivity index (χ0v) is 14.3. The van der Waals surface area contributed by atoms with E-state index in [0.717, 1.165) is 0 Å². The quantitative estimate of drug-likeness (QED) is 0.633. The number of anilines is 1. The molecular formula is C17H19ClN2S. The number of fused-ring (bicyclic) bond motifs is 1. The van der Waals surface area contributed by atoms with Crippen LogP contribution in [0.15, 0.2) is 42.5 Å². The summed E-state index contributed by atoms with van der Waals surface area (Å²) >= 11 is 1.86. The van der Waals surface area contributed by atoms with Crippen molar-refractivity contribution in [2.45, 2.75) is 6.92 Å². The molecule has 0 N–H and O–H groups in total. The summed E-state index contributed by atoms with van der Waals surface area (Å²) in [7, 11) is 6.34. The first-order chi connectivity index (χ1) is 9.58. The topological polar surface area (TPSA) is 7.12 Å². The second-order valence-electron chi connectivity index (χ2n) is 5.35. The number of benzene rings is 2. The molecule has 2 aromatic carbocycles. The Balaban J connectivity index is 0.00000161. The molecule has 3 aromatic rings. The van der Waals surface area contributed by atoms with Gasteiger partial charge in [0, 0.05) is 20.2 Å². The second kappa shape index (κ2) is 6.04. The summed E-state index contributed by atoms with van der Waals surface area (Å²) in [6.07, 6.45) is 0. The highest BCUT2D eigenvalue weighted by Gasteiger charge is 2.21. The fourth-order valence-electron chi connectivity index (χ4n) is 2.54. The molecule has 21 heavy (non-hydrogen) atoms. The Kier molecular flexibility index (Phi) is 4.55. The monoisotopic (exact) mass is 318 g/mol. The van der Waals surface area contributed by atoms with E-state index in [1.165, 1.54) is 32.0 Å². The van der Waals surface area contributed by atoms with Crippen LogP contribution < -0.4 is 21.9 Å². The van der Waals surface area contributed by atoms with Crippen LogP contribution in [0.5, 0.6) is 0 Å². The standard InChI is InChI=1S/C17H19N2S.ClH/c1-12-9-10-15-16(11-12)20-17(19(15)4)13-7-5-6-8-14(13)18(2)3;/h5-11H,1-4H3;1H/q+1;/p-1. The van der Waals surface area contributed by atoms with Gasteiger partial charge in [-0.05, 0) is 30.7 Å². The van der Waals surface area contributed by atoms with E-state index in [1.54, 1.807) is 0 Å². The number of para-hydroxylation sites is 1. The molecule has 0 bridgehead atoms. The molecule has 0 radical (unpaired) electrons. The Hall–Kier alpha value is -1.58. The Morgan fingerprint density at radius 2 is 1.76 bits per heavy atom. The average Bonchev–Trinajstić information content (AvgIpc) is 2.75. The lowest BCUT2D eigenvalue weighted by atomic mass is 10.1. The van der Waals surface area contributed by atoms with Crippen molar-refractivity contribution in [3.8, 4) is 10.6 Å². The van der Waals surface area contributed by atoms with Crippen molar-refractivity contribution >= 4 is 27.2 Å². The van der Waals surface area contributed by atoms with E-state index in [4.69, 9.17) is 0 Å². The van der Waals surface area contributed by atoms with Gasteiger partial charge in [-0.25, -0.2) is 0 Å². The van der Waals surface area contributed by atoms with E-state index in [0.29, 0.717) is 0 Å². The first kappa shape index (κ1) is 15.8. The zero-order valence-electron chi connectivity index (χ0n) is 12.7. The maximum atomic E-state index is 2.29. The molecule has 0 fully saturated rings. The van der Waals surface area contributed by atoms with Gasteiger partial charge in [-0.3, -0.25) is 0 Å². The number of aromatic nitrogens is 1. The SMILES string of the molecule is Cc1ccc2c(c1)sc(-c1ccccc1N(C)C)[n+]2C.[Cl-]. The van der Waals surface area contributed by atoms with Crippen LogP contribution in [0.25, 0.3) is 20.8 Å². The van der Waals surface area contributed by atoms with Crippen LogP contribution in [0, 0.1) is 6.92 Å². The molecule has 1 aromatic heterocycles. The van der Waals surface area contributed by atoms with Gasteiger partial charge in [-0.15, -0.1) is 0 Å². The maximum absolute atomic E-state index is 2.29. The lowest BCUT2D eigenvalue weighted by Crippen LogP contribution is -3.00. The second-order valence-corrected chi connectivity index (χ2v) is 6.38. The van der Waals surface area contributed by atoms with Crippen LogP contribution in [0.2, 0.25) is 0 Å².